The molecule has 0 saturated carbocycles. The SMILES string of the molecule is C=C1C(C)CC(C)N1CC(N)=O. The summed E-state index contributed by atoms with van der Waals surface area (Å²) in [6.07, 6.45) is 1.08. The van der Waals surface area contributed by atoms with Crippen molar-refractivity contribution >= 4 is 5.91 Å². The summed E-state index contributed by atoms with van der Waals surface area (Å²) in [7, 11) is 0. The van der Waals surface area contributed by atoms with Gasteiger partial charge in [0.15, 0.2) is 0 Å². The second-order valence-corrected chi connectivity index (χ2v) is 3.57. The Morgan fingerprint density at radius 2 is 2.33 bits per heavy atom. The molecule has 0 aromatic rings. The largest absolute Gasteiger partial charge is 0.368 e. The molecule has 68 valence electrons. The van der Waals surface area contributed by atoms with Crippen LogP contribution in [0, 0.1) is 5.92 Å². The van der Waals surface area contributed by atoms with E-state index in [0.29, 0.717) is 18.5 Å². The lowest BCUT2D eigenvalue weighted by molar-refractivity contribution is -0.118. The fraction of sp³-hybridized carbons (Fsp3) is 0.667. The second-order valence-electron chi connectivity index (χ2n) is 3.57. The lowest BCUT2D eigenvalue weighted by Gasteiger charge is -2.23. The van der Waals surface area contributed by atoms with Crippen molar-refractivity contribution in [3.63, 3.8) is 0 Å². The third-order valence-corrected chi connectivity index (χ3v) is 2.49. The van der Waals surface area contributed by atoms with E-state index in [1.165, 1.54) is 0 Å². The average molecular weight is 168 g/mol. The molecule has 0 radical (unpaired) electrons. The van der Waals surface area contributed by atoms with Crippen molar-refractivity contribution in [2.45, 2.75) is 26.3 Å². The molecule has 1 fully saturated rings. The van der Waals surface area contributed by atoms with Crippen molar-refractivity contribution in [1.29, 1.82) is 0 Å². The maximum Gasteiger partial charge on any atom is 0.236 e. The first kappa shape index (κ1) is 9.10. The van der Waals surface area contributed by atoms with E-state index in [0.717, 1.165) is 12.1 Å². The van der Waals surface area contributed by atoms with Gasteiger partial charge in [-0.3, -0.25) is 4.79 Å². The van der Waals surface area contributed by atoms with Gasteiger partial charge in [-0.1, -0.05) is 13.5 Å². The lowest BCUT2D eigenvalue weighted by atomic mass is 10.1. The number of nitrogens with zero attached hydrogens (tertiary/aromatic N) is 1. The maximum atomic E-state index is 10.7. The predicted molar refractivity (Wildman–Crippen MR) is 48.3 cm³/mol. The average Bonchev–Trinajstić information content (AvgIpc) is 2.16. The number of amides is 1. The van der Waals surface area contributed by atoms with Gasteiger partial charge in [-0.05, 0) is 19.3 Å². The Balaban J connectivity index is 2.63. The fourth-order valence-electron chi connectivity index (χ4n) is 1.77. The molecular weight excluding hydrogens is 152 g/mol. The van der Waals surface area contributed by atoms with Gasteiger partial charge < -0.3 is 10.6 Å². The minimum absolute atomic E-state index is 0.280. The van der Waals surface area contributed by atoms with Crippen LogP contribution in [-0.4, -0.2) is 23.4 Å². The van der Waals surface area contributed by atoms with Crippen molar-refractivity contribution in [2.75, 3.05) is 6.54 Å². The maximum absolute atomic E-state index is 10.7. The van der Waals surface area contributed by atoms with E-state index < -0.39 is 0 Å². The van der Waals surface area contributed by atoms with Crippen LogP contribution in [0.2, 0.25) is 0 Å². The number of allylic oxidation sites excluding steroid dienone is 1. The first-order chi connectivity index (χ1) is 5.52. The number of likely N-dealkylation sites (tertiary alicyclic amines) is 1. The molecule has 0 spiro atoms. The van der Waals surface area contributed by atoms with Crippen LogP contribution >= 0.6 is 0 Å². The van der Waals surface area contributed by atoms with Crippen molar-refractivity contribution in [2.24, 2.45) is 11.7 Å². The van der Waals surface area contributed by atoms with Crippen LogP contribution in [0.1, 0.15) is 20.3 Å². The Hall–Kier alpha value is -0.990. The summed E-state index contributed by atoms with van der Waals surface area (Å²) >= 11 is 0. The number of hydrogen-bond donors (Lipinski definition) is 1. The molecule has 2 atom stereocenters. The van der Waals surface area contributed by atoms with E-state index in [1.54, 1.807) is 0 Å². The molecule has 2 unspecified atom stereocenters. The molecule has 1 heterocycles. The van der Waals surface area contributed by atoms with Gasteiger partial charge in [0.1, 0.15) is 0 Å². The summed E-state index contributed by atoms with van der Waals surface area (Å²) in [5.74, 6) is 0.205. The van der Waals surface area contributed by atoms with E-state index in [-0.39, 0.29) is 5.91 Å². The minimum Gasteiger partial charge on any atom is -0.368 e. The summed E-state index contributed by atoms with van der Waals surface area (Å²) in [5.41, 5.74) is 6.16. The van der Waals surface area contributed by atoms with Crippen LogP contribution in [0.5, 0.6) is 0 Å². The molecule has 3 nitrogen and oxygen atoms in total. The highest BCUT2D eigenvalue weighted by Gasteiger charge is 2.29. The Bertz CT molecular complexity index is 213. The van der Waals surface area contributed by atoms with Gasteiger partial charge in [-0.25, -0.2) is 0 Å². The zero-order valence-corrected chi connectivity index (χ0v) is 7.71. The van der Waals surface area contributed by atoms with Crippen molar-refractivity contribution < 1.29 is 4.79 Å². The van der Waals surface area contributed by atoms with Crippen LogP contribution < -0.4 is 5.73 Å². The van der Waals surface area contributed by atoms with Gasteiger partial charge >= 0.3 is 0 Å². The number of carbonyl (C=O) groups is 1. The van der Waals surface area contributed by atoms with Gasteiger partial charge in [-0.2, -0.15) is 0 Å². The smallest absolute Gasteiger partial charge is 0.236 e. The molecule has 0 aliphatic carbocycles. The van der Waals surface area contributed by atoms with Crippen LogP contribution in [0.15, 0.2) is 12.3 Å². The Kier molecular flexibility index (Phi) is 2.40. The number of rotatable bonds is 2. The Morgan fingerprint density at radius 1 is 1.75 bits per heavy atom. The molecule has 1 amide bonds. The number of primary amides is 1. The van der Waals surface area contributed by atoms with Gasteiger partial charge in [0.2, 0.25) is 5.91 Å². The quantitative estimate of drug-likeness (QED) is 0.660. The van der Waals surface area contributed by atoms with Gasteiger partial charge in [0.05, 0.1) is 6.54 Å². The molecule has 1 aliphatic rings. The van der Waals surface area contributed by atoms with Crippen LogP contribution in [0.4, 0.5) is 0 Å². The molecule has 0 aromatic heterocycles. The second kappa shape index (κ2) is 3.17. The standard InChI is InChI=1S/C9H16N2O/c1-6-4-7(2)11(8(6)3)5-9(10)12/h6-7H,3-5H2,1-2H3,(H2,10,12). The van der Waals surface area contributed by atoms with E-state index >= 15 is 0 Å². The van der Waals surface area contributed by atoms with Crippen LogP contribution in [0.3, 0.4) is 0 Å². The van der Waals surface area contributed by atoms with Crippen LogP contribution in [-0.2, 0) is 4.79 Å². The third-order valence-electron chi connectivity index (χ3n) is 2.49. The fourth-order valence-corrected chi connectivity index (χ4v) is 1.77. The van der Waals surface area contributed by atoms with E-state index in [2.05, 4.69) is 20.4 Å². The normalized spacial score (nSPS) is 29.5. The number of nitrogens with two attached hydrogens (primary N) is 1. The first-order valence-corrected chi connectivity index (χ1v) is 4.26. The Labute approximate surface area is 73.2 Å². The summed E-state index contributed by atoms with van der Waals surface area (Å²) in [6, 6.07) is 0.403. The first-order valence-electron chi connectivity index (χ1n) is 4.26. The van der Waals surface area contributed by atoms with Crippen molar-refractivity contribution in [3.05, 3.63) is 12.3 Å². The molecule has 3 heteroatoms. The van der Waals surface area contributed by atoms with Gasteiger partial charge in [0.25, 0.3) is 0 Å². The topological polar surface area (TPSA) is 46.3 Å². The van der Waals surface area contributed by atoms with Gasteiger partial charge in [0, 0.05) is 11.7 Å². The summed E-state index contributed by atoms with van der Waals surface area (Å²) < 4.78 is 0. The lowest BCUT2D eigenvalue weighted by Crippen LogP contribution is -2.34. The molecule has 1 saturated heterocycles. The summed E-state index contributed by atoms with van der Waals surface area (Å²) in [5, 5.41) is 0. The predicted octanol–water partition coefficient (Wildman–Crippen LogP) is 0.716. The Morgan fingerprint density at radius 3 is 2.67 bits per heavy atom. The zero-order valence-electron chi connectivity index (χ0n) is 7.71. The van der Waals surface area contributed by atoms with Crippen molar-refractivity contribution in [1.82, 2.24) is 4.90 Å². The van der Waals surface area contributed by atoms with Gasteiger partial charge in [-0.15, -0.1) is 0 Å². The summed E-state index contributed by atoms with van der Waals surface area (Å²) in [6.45, 7) is 8.47. The van der Waals surface area contributed by atoms with E-state index in [1.807, 2.05) is 4.90 Å². The van der Waals surface area contributed by atoms with Crippen LogP contribution in [0.25, 0.3) is 0 Å². The highest BCUT2D eigenvalue weighted by Crippen LogP contribution is 2.30. The number of hydrogen-bond acceptors (Lipinski definition) is 2. The third kappa shape index (κ3) is 1.60. The monoisotopic (exact) mass is 168 g/mol. The molecule has 1 aliphatic heterocycles. The molecule has 0 aromatic carbocycles. The highest BCUT2D eigenvalue weighted by atomic mass is 16.1. The molecule has 2 N–H and O–H groups in total. The molecular formula is C9H16N2O. The highest BCUT2D eigenvalue weighted by molar-refractivity contribution is 5.76. The van der Waals surface area contributed by atoms with E-state index in [4.69, 9.17) is 5.73 Å². The summed E-state index contributed by atoms with van der Waals surface area (Å²) in [4.78, 5) is 12.7. The number of carbonyl (C=O) groups excluding carboxylic acids is 1. The van der Waals surface area contributed by atoms with Crippen molar-refractivity contribution in [3.8, 4) is 0 Å². The van der Waals surface area contributed by atoms with E-state index in [9.17, 15) is 4.79 Å². The molecule has 1 rings (SSSR count). The molecule has 12 heavy (non-hydrogen) atoms. The molecule has 0 bridgehead atoms. The zero-order chi connectivity index (χ0) is 9.30. The minimum atomic E-state index is -0.280.